The molecule has 2 amide bonds. The Morgan fingerprint density at radius 3 is 2.90 bits per heavy atom. The molecule has 1 aromatic heterocycles. The molecule has 7 nitrogen and oxygen atoms in total. The van der Waals surface area contributed by atoms with Gasteiger partial charge in [0.05, 0.1) is 25.2 Å². The Bertz CT molecular complexity index is 513. The van der Waals surface area contributed by atoms with Crippen molar-refractivity contribution in [1.82, 2.24) is 10.2 Å². The largest absolute Gasteiger partial charge is 0.481 e. The summed E-state index contributed by atoms with van der Waals surface area (Å²) in [4.78, 5) is 24.5. The zero-order valence-corrected chi connectivity index (χ0v) is 12.2. The maximum absolute atomic E-state index is 12.2. The fourth-order valence-corrected chi connectivity index (χ4v) is 2.26. The average molecular weight is 296 g/mol. The molecule has 116 valence electrons. The highest BCUT2D eigenvalue weighted by atomic mass is 16.5. The van der Waals surface area contributed by atoms with Gasteiger partial charge in [-0.15, -0.1) is 0 Å². The number of hydrogen-bond donors (Lipinski definition) is 2. The Labute approximate surface area is 122 Å². The molecule has 21 heavy (non-hydrogen) atoms. The van der Waals surface area contributed by atoms with Gasteiger partial charge in [-0.25, -0.2) is 4.79 Å². The van der Waals surface area contributed by atoms with E-state index in [0.29, 0.717) is 18.9 Å². The molecule has 1 saturated heterocycles. The first kappa shape index (κ1) is 15.4. The van der Waals surface area contributed by atoms with Crippen LogP contribution in [0.5, 0.6) is 0 Å². The second-order valence-corrected chi connectivity index (χ2v) is 5.16. The minimum absolute atomic E-state index is 0.100. The summed E-state index contributed by atoms with van der Waals surface area (Å²) in [5.74, 6) is 0.553. The van der Waals surface area contributed by atoms with E-state index < -0.39 is 12.1 Å². The number of carbonyl (C=O) groups excluding carboxylic acids is 1. The van der Waals surface area contributed by atoms with Crippen molar-refractivity contribution in [3.05, 3.63) is 23.7 Å². The Hall–Kier alpha value is -2.02. The molecule has 1 aliphatic heterocycles. The third-order valence-electron chi connectivity index (χ3n) is 3.36. The molecule has 2 heterocycles. The van der Waals surface area contributed by atoms with Crippen LogP contribution in [0.2, 0.25) is 0 Å². The van der Waals surface area contributed by atoms with Crippen molar-refractivity contribution in [2.75, 3.05) is 19.7 Å². The standard InChI is InChI=1S/C14H20N2O5/c1-9-3-4-12(21-9)10(2)15-14(19)16-5-6-20-11(8-16)7-13(17)18/h3-4,10-11H,5-8H2,1-2H3,(H,15,19)(H,17,18). The molecule has 2 N–H and O–H groups in total. The summed E-state index contributed by atoms with van der Waals surface area (Å²) < 4.78 is 10.8. The van der Waals surface area contributed by atoms with E-state index in [4.69, 9.17) is 14.3 Å². The normalized spacial score (nSPS) is 20.1. The van der Waals surface area contributed by atoms with Gasteiger partial charge in [0.2, 0.25) is 0 Å². The fourth-order valence-electron chi connectivity index (χ4n) is 2.26. The van der Waals surface area contributed by atoms with Gasteiger partial charge in [0.25, 0.3) is 0 Å². The summed E-state index contributed by atoms with van der Waals surface area (Å²) in [5, 5.41) is 11.6. The summed E-state index contributed by atoms with van der Waals surface area (Å²) in [5.41, 5.74) is 0. The number of hydrogen-bond acceptors (Lipinski definition) is 4. The van der Waals surface area contributed by atoms with Crippen molar-refractivity contribution in [1.29, 1.82) is 0 Å². The number of ether oxygens (including phenoxy) is 1. The Morgan fingerprint density at radius 2 is 2.29 bits per heavy atom. The summed E-state index contributed by atoms with van der Waals surface area (Å²) in [7, 11) is 0. The van der Waals surface area contributed by atoms with Gasteiger partial charge >= 0.3 is 12.0 Å². The van der Waals surface area contributed by atoms with Crippen LogP contribution in [0.25, 0.3) is 0 Å². The van der Waals surface area contributed by atoms with Gasteiger partial charge in [-0.05, 0) is 26.0 Å². The number of aryl methyl sites for hydroxylation is 1. The average Bonchev–Trinajstić information content (AvgIpc) is 2.85. The van der Waals surface area contributed by atoms with Crippen molar-refractivity contribution in [3.8, 4) is 0 Å². The number of carbonyl (C=O) groups is 2. The van der Waals surface area contributed by atoms with Crippen molar-refractivity contribution >= 4 is 12.0 Å². The maximum Gasteiger partial charge on any atom is 0.318 e. The number of morpholine rings is 1. The predicted molar refractivity (Wildman–Crippen MR) is 74.0 cm³/mol. The summed E-state index contributed by atoms with van der Waals surface area (Å²) in [6, 6.07) is 3.19. The van der Waals surface area contributed by atoms with E-state index in [9.17, 15) is 9.59 Å². The Morgan fingerprint density at radius 1 is 1.52 bits per heavy atom. The number of furan rings is 1. The van der Waals surface area contributed by atoms with Crippen molar-refractivity contribution < 1.29 is 23.8 Å². The second kappa shape index (κ2) is 6.62. The molecule has 7 heteroatoms. The zero-order valence-electron chi connectivity index (χ0n) is 12.2. The molecule has 2 atom stereocenters. The van der Waals surface area contributed by atoms with Crippen molar-refractivity contribution in [3.63, 3.8) is 0 Å². The van der Waals surface area contributed by atoms with Crippen LogP contribution < -0.4 is 5.32 Å². The van der Waals surface area contributed by atoms with E-state index in [0.717, 1.165) is 5.76 Å². The van der Waals surface area contributed by atoms with Gasteiger partial charge in [0.15, 0.2) is 0 Å². The van der Waals surface area contributed by atoms with Crippen LogP contribution in [-0.2, 0) is 9.53 Å². The summed E-state index contributed by atoms with van der Waals surface area (Å²) >= 11 is 0. The molecule has 0 spiro atoms. The van der Waals surface area contributed by atoms with Gasteiger partial charge in [-0.3, -0.25) is 4.79 Å². The van der Waals surface area contributed by atoms with Crippen LogP contribution in [0.15, 0.2) is 16.5 Å². The highest BCUT2D eigenvalue weighted by Gasteiger charge is 2.27. The molecule has 0 aliphatic carbocycles. The van der Waals surface area contributed by atoms with Crippen LogP contribution in [0, 0.1) is 6.92 Å². The lowest BCUT2D eigenvalue weighted by atomic mass is 10.2. The van der Waals surface area contributed by atoms with Gasteiger partial charge in [-0.1, -0.05) is 0 Å². The lowest BCUT2D eigenvalue weighted by Gasteiger charge is -2.33. The first-order valence-corrected chi connectivity index (χ1v) is 6.91. The zero-order chi connectivity index (χ0) is 15.4. The monoisotopic (exact) mass is 296 g/mol. The number of nitrogens with one attached hydrogen (secondary N) is 1. The highest BCUT2D eigenvalue weighted by molar-refractivity contribution is 5.75. The Kier molecular flexibility index (Phi) is 4.85. The molecule has 2 rings (SSSR count). The topological polar surface area (TPSA) is 92.0 Å². The van der Waals surface area contributed by atoms with Crippen LogP contribution in [0.1, 0.15) is 30.9 Å². The molecular weight excluding hydrogens is 276 g/mol. The van der Waals surface area contributed by atoms with Crippen LogP contribution in [0.4, 0.5) is 4.79 Å². The number of carboxylic acid groups (broad SMARTS) is 1. The van der Waals surface area contributed by atoms with E-state index in [1.54, 1.807) is 4.90 Å². The minimum atomic E-state index is -0.929. The van der Waals surface area contributed by atoms with Gasteiger partial charge in [0, 0.05) is 13.1 Å². The second-order valence-electron chi connectivity index (χ2n) is 5.16. The van der Waals surface area contributed by atoms with Crippen LogP contribution >= 0.6 is 0 Å². The lowest BCUT2D eigenvalue weighted by Crippen LogP contribution is -2.50. The fraction of sp³-hybridized carbons (Fsp3) is 0.571. The van der Waals surface area contributed by atoms with E-state index in [1.807, 2.05) is 26.0 Å². The minimum Gasteiger partial charge on any atom is -0.481 e. The lowest BCUT2D eigenvalue weighted by molar-refractivity contribution is -0.141. The smallest absolute Gasteiger partial charge is 0.318 e. The van der Waals surface area contributed by atoms with Crippen molar-refractivity contribution in [2.24, 2.45) is 0 Å². The third-order valence-corrected chi connectivity index (χ3v) is 3.36. The maximum atomic E-state index is 12.2. The third kappa shape index (κ3) is 4.22. The number of aliphatic carboxylic acids is 1. The quantitative estimate of drug-likeness (QED) is 0.879. The predicted octanol–water partition coefficient (Wildman–Crippen LogP) is 1.53. The number of carboxylic acids is 1. The van der Waals surface area contributed by atoms with Gasteiger partial charge in [-0.2, -0.15) is 0 Å². The molecule has 2 unspecified atom stereocenters. The summed E-state index contributed by atoms with van der Waals surface area (Å²) in [6.45, 7) is 4.76. The van der Waals surface area contributed by atoms with E-state index in [2.05, 4.69) is 5.32 Å². The van der Waals surface area contributed by atoms with Crippen molar-refractivity contribution in [2.45, 2.75) is 32.4 Å². The highest BCUT2D eigenvalue weighted by Crippen LogP contribution is 2.16. The first-order valence-electron chi connectivity index (χ1n) is 6.91. The molecule has 0 radical (unpaired) electrons. The molecule has 1 aromatic rings. The van der Waals surface area contributed by atoms with Gasteiger partial charge < -0.3 is 24.5 Å². The molecule has 1 fully saturated rings. The van der Waals surface area contributed by atoms with Gasteiger partial charge in [0.1, 0.15) is 11.5 Å². The number of nitrogens with zero attached hydrogens (tertiary/aromatic N) is 1. The molecule has 0 bridgehead atoms. The summed E-state index contributed by atoms with van der Waals surface area (Å²) in [6.07, 6.45) is -0.556. The van der Waals surface area contributed by atoms with Crippen LogP contribution in [0.3, 0.4) is 0 Å². The van der Waals surface area contributed by atoms with E-state index in [-0.39, 0.29) is 25.0 Å². The number of rotatable bonds is 4. The number of urea groups is 1. The molecular formula is C14H20N2O5. The Balaban J connectivity index is 1.89. The van der Waals surface area contributed by atoms with E-state index >= 15 is 0 Å². The SMILES string of the molecule is Cc1ccc(C(C)NC(=O)N2CCOC(CC(=O)O)C2)o1. The number of amides is 2. The molecule has 0 saturated carbocycles. The molecule has 0 aromatic carbocycles. The molecule has 1 aliphatic rings. The first-order chi connectivity index (χ1) is 9.95. The van der Waals surface area contributed by atoms with Crippen LogP contribution in [-0.4, -0.2) is 47.8 Å². The van der Waals surface area contributed by atoms with E-state index in [1.165, 1.54) is 0 Å².